The van der Waals surface area contributed by atoms with Crippen LogP contribution < -0.4 is 5.32 Å². The van der Waals surface area contributed by atoms with E-state index in [0.717, 1.165) is 36.2 Å². The molecule has 2 aliphatic carbocycles. The molecular weight excluding hydrogens is 528 g/mol. The van der Waals surface area contributed by atoms with Crippen LogP contribution in [0.25, 0.3) is 11.1 Å². The van der Waals surface area contributed by atoms with Crippen molar-refractivity contribution in [3.8, 4) is 11.1 Å². The van der Waals surface area contributed by atoms with Gasteiger partial charge in [-0.25, -0.2) is 4.79 Å². The van der Waals surface area contributed by atoms with Gasteiger partial charge >= 0.3 is 5.97 Å². The van der Waals surface area contributed by atoms with Crippen LogP contribution in [0.15, 0.2) is 72.8 Å². The van der Waals surface area contributed by atoms with Crippen molar-refractivity contribution in [2.75, 3.05) is 18.6 Å². The maximum atomic E-state index is 13.5. The second-order valence-corrected chi connectivity index (χ2v) is 13.0. The summed E-state index contributed by atoms with van der Waals surface area (Å²) in [6.45, 7) is 4.01. The fourth-order valence-corrected chi connectivity index (χ4v) is 6.70. The van der Waals surface area contributed by atoms with E-state index in [-0.39, 0.29) is 5.91 Å². The van der Waals surface area contributed by atoms with E-state index in [9.17, 15) is 14.7 Å². The van der Waals surface area contributed by atoms with Crippen LogP contribution in [0.5, 0.6) is 0 Å². The Labute approximate surface area is 248 Å². The Morgan fingerprint density at radius 1 is 1.00 bits per heavy atom. The number of hydrogen-bond donors (Lipinski definition) is 2. The van der Waals surface area contributed by atoms with E-state index in [0.29, 0.717) is 29.2 Å². The number of benzene rings is 3. The van der Waals surface area contributed by atoms with Crippen molar-refractivity contribution < 1.29 is 14.7 Å². The first-order valence-corrected chi connectivity index (χ1v) is 16.3. The zero-order chi connectivity index (χ0) is 28.8. The summed E-state index contributed by atoms with van der Waals surface area (Å²) in [5, 5.41) is 12.5. The lowest BCUT2D eigenvalue weighted by Crippen LogP contribution is -2.44. The molecule has 41 heavy (non-hydrogen) atoms. The lowest BCUT2D eigenvalue weighted by atomic mass is 9.65. The smallest absolute Gasteiger partial charge is 0.326 e. The maximum absolute atomic E-state index is 13.5. The molecule has 0 spiro atoms. The molecule has 3 aromatic carbocycles. The highest BCUT2D eigenvalue weighted by atomic mass is 32.2. The number of hydrogen-bond acceptors (Lipinski definition) is 4. The van der Waals surface area contributed by atoms with Gasteiger partial charge in [0.15, 0.2) is 0 Å². The number of aryl methyl sites for hydroxylation is 1. The third-order valence-corrected chi connectivity index (χ3v) is 9.45. The Morgan fingerprint density at radius 2 is 1.73 bits per heavy atom. The molecule has 0 saturated heterocycles. The topological polar surface area (TPSA) is 69.6 Å². The number of carbonyl (C=O) groups excluding carboxylic acids is 1. The summed E-state index contributed by atoms with van der Waals surface area (Å²) < 4.78 is 0. The number of thioether (sulfide) groups is 1. The highest BCUT2D eigenvalue weighted by Crippen LogP contribution is 2.46. The second kappa shape index (κ2) is 13.3. The number of aliphatic carboxylic acids is 1. The van der Waals surface area contributed by atoms with Gasteiger partial charge in [0.1, 0.15) is 6.04 Å². The SMILES string of the molecule is CSCCC(NC(=O)c1ccc(CN(CC2(Cc3ccccc3)CCC2)C2CC2)cc1-c1ccccc1C)C(=O)O. The van der Waals surface area contributed by atoms with E-state index in [2.05, 4.69) is 71.7 Å². The van der Waals surface area contributed by atoms with Crippen molar-refractivity contribution >= 4 is 23.6 Å². The van der Waals surface area contributed by atoms with Crippen LogP contribution in [0.2, 0.25) is 0 Å². The number of carbonyl (C=O) groups is 2. The molecule has 0 bridgehead atoms. The quantitative estimate of drug-likeness (QED) is 0.219. The van der Waals surface area contributed by atoms with Gasteiger partial charge in [0.05, 0.1) is 0 Å². The van der Waals surface area contributed by atoms with E-state index in [1.165, 1.54) is 43.2 Å². The molecule has 2 N–H and O–H groups in total. The molecule has 1 amide bonds. The van der Waals surface area contributed by atoms with E-state index in [4.69, 9.17) is 0 Å². The average molecular weight is 571 g/mol. The first-order valence-electron chi connectivity index (χ1n) is 14.9. The third-order valence-electron chi connectivity index (χ3n) is 8.80. The molecule has 0 aromatic heterocycles. The van der Waals surface area contributed by atoms with Gasteiger partial charge in [0.2, 0.25) is 0 Å². The fourth-order valence-electron chi connectivity index (χ4n) is 6.23. The molecule has 1 atom stereocenters. The van der Waals surface area contributed by atoms with Crippen LogP contribution in [0.3, 0.4) is 0 Å². The zero-order valence-corrected chi connectivity index (χ0v) is 25.1. The minimum atomic E-state index is -0.998. The summed E-state index contributed by atoms with van der Waals surface area (Å²) in [4.78, 5) is 28.0. The molecule has 0 heterocycles. The average Bonchev–Trinajstić information content (AvgIpc) is 3.80. The van der Waals surface area contributed by atoms with Gasteiger partial charge < -0.3 is 10.4 Å². The highest BCUT2D eigenvalue weighted by molar-refractivity contribution is 7.98. The molecule has 2 saturated carbocycles. The number of nitrogens with one attached hydrogen (secondary N) is 1. The molecule has 0 aliphatic heterocycles. The van der Waals surface area contributed by atoms with Crippen LogP contribution in [0.1, 0.15) is 65.6 Å². The molecule has 5 nitrogen and oxygen atoms in total. The molecular formula is C35H42N2O3S. The first kappa shape index (κ1) is 29.4. The van der Waals surface area contributed by atoms with Gasteiger partial charge in [-0.2, -0.15) is 11.8 Å². The summed E-state index contributed by atoms with van der Waals surface area (Å²) in [5.74, 6) is -0.663. The minimum Gasteiger partial charge on any atom is -0.480 e. The predicted molar refractivity (Wildman–Crippen MR) is 168 cm³/mol. The van der Waals surface area contributed by atoms with Crippen LogP contribution in [0.4, 0.5) is 0 Å². The van der Waals surface area contributed by atoms with Gasteiger partial charge in [-0.05, 0) is 103 Å². The summed E-state index contributed by atoms with van der Waals surface area (Å²) in [7, 11) is 0. The number of amides is 1. The largest absolute Gasteiger partial charge is 0.480 e. The van der Waals surface area contributed by atoms with Crippen LogP contribution in [-0.2, 0) is 17.8 Å². The number of carboxylic acid groups (broad SMARTS) is 1. The molecule has 5 rings (SSSR count). The number of carboxylic acids is 1. The van der Waals surface area contributed by atoms with Crippen LogP contribution >= 0.6 is 11.8 Å². The minimum absolute atomic E-state index is 0.335. The van der Waals surface area contributed by atoms with Gasteiger partial charge in [-0.3, -0.25) is 9.69 Å². The van der Waals surface area contributed by atoms with Gasteiger partial charge in [-0.1, -0.05) is 67.1 Å². The fraction of sp³-hybridized carbons (Fsp3) is 0.429. The normalized spacial score (nSPS) is 16.7. The van der Waals surface area contributed by atoms with Crippen molar-refractivity contribution in [3.05, 3.63) is 95.1 Å². The summed E-state index contributed by atoms with van der Waals surface area (Å²) in [5.41, 5.74) is 6.45. The maximum Gasteiger partial charge on any atom is 0.326 e. The zero-order valence-electron chi connectivity index (χ0n) is 24.3. The Balaban J connectivity index is 1.40. The molecule has 216 valence electrons. The van der Waals surface area contributed by atoms with E-state index in [1.807, 2.05) is 24.5 Å². The first-order chi connectivity index (χ1) is 19.9. The Morgan fingerprint density at radius 3 is 2.37 bits per heavy atom. The number of nitrogens with zero attached hydrogens (tertiary/aromatic N) is 1. The highest BCUT2D eigenvalue weighted by Gasteiger charge is 2.41. The van der Waals surface area contributed by atoms with Crippen LogP contribution in [0, 0.1) is 12.3 Å². The van der Waals surface area contributed by atoms with Crippen molar-refractivity contribution in [1.82, 2.24) is 10.2 Å². The van der Waals surface area contributed by atoms with E-state index >= 15 is 0 Å². The van der Waals surface area contributed by atoms with E-state index < -0.39 is 12.0 Å². The van der Waals surface area contributed by atoms with Crippen molar-refractivity contribution in [1.29, 1.82) is 0 Å². The van der Waals surface area contributed by atoms with Gasteiger partial charge in [0, 0.05) is 24.7 Å². The van der Waals surface area contributed by atoms with Crippen molar-refractivity contribution in [2.24, 2.45) is 5.41 Å². The monoisotopic (exact) mass is 570 g/mol. The summed E-state index contributed by atoms with van der Waals surface area (Å²) >= 11 is 1.58. The Bertz CT molecular complexity index is 1350. The third kappa shape index (κ3) is 7.41. The Kier molecular flexibility index (Phi) is 9.51. The van der Waals surface area contributed by atoms with Gasteiger partial charge in [0.25, 0.3) is 5.91 Å². The van der Waals surface area contributed by atoms with Crippen molar-refractivity contribution in [2.45, 2.75) is 70.5 Å². The summed E-state index contributed by atoms with van der Waals surface area (Å²) in [6.07, 6.45) is 9.82. The molecule has 2 aliphatic rings. The predicted octanol–water partition coefficient (Wildman–Crippen LogP) is 6.98. The lowest BCUT2D eigenvalue weighted by Gasteiger charge is -2.46. The lowest BCUT2D eigenvalue weighted by molar-refractivity contribution is -0.139. The molecule has 6 heteroatoms. The molecule has 2 fully saturated rings. The number of rotatable bonds is 14. The second-order valence-electron chi connectivity index (χ2n) is 12.0. The standard InChI is InChI=1S/C35H42N2O3S/c1-25-9-6-7-12-29(25)31-21-27(13-16-30(31)33(38)36-32(34(39)40)17-20-41-2)23-37(28-14-15-28)24-35(18-8-19-35)22-26-10-4-3-5-11-26/h3-7,9-13,16,21,28,32H,8,14-15,17-20,22-24H2,1-2H3,(H,36,38)(H,39,40). The van der Waals surface area contributed by atoms with E-state index in [1.54, 1.807) is 11.8 Å². The van der Waals surface area contributed by atoms with Crippen LogP contribution in [-0.4, -0.2) is 52.5 Å². The molecule has 0 radical (unpaired) electrons. The Hall–Kier alpha value is -3.09. The van der Waals surface area contributed by atoms with Gasteiger partial charge in [-0.15, -0.1) is 0 Å². The van der Waals surface area contributed by atoms with Crippen molar-refractivity contribution in [3.63, 3.8) is 0 Å². The molecule has 3 aromatic rings. The summed E-state index contributed by atoms with van der Waals surface area (Å²) in [6, 6.07) is 24.9. The molecule has 1 unspecified atom stereocenters.